The van der Waals surface area contributed by atoms with Crippen molar-refractivity contribution < 1.29 is 33.6 Å². The Morgan fingerprint density at radius 3 is 2.10 bits per heavy atom. The molecular formula is C38H60N6O7. The number of Topliss-reactive ketones (excluding diaryl/α,β-unsaturated/α-hetero) is 1. The Bertz CT molecular complexity index is 1390. The van der Waals surface area contributed by atoms with Gasteiger partial charge in [-0.2, -0.15) is 0 Å². The van der Waals surface area contributed by atoms with E-state index in [1.807, 2.05) is 48.5 Å². The van der Waals surface area contributed by atoms with Crippen molar-refractivity contribution in [3.63, 3.8) is 0 Å². The van der Waals surface area contributed by atoms with Crippen LogP contribution in [0.4, 0.5) is 4.79 Å². The zero-order valence-electron chi connectivity index (χ0n) is 31.7. The lowest BCUT2D eigenvalue weighted by Crippen LogP contribution is -2.63. The van der Waals surface area contributed by atoms with Gasteiger partial charge in [-0.3, -0.25) is 33.7 Å². The van der Waals surface area contributed by atoms with Gasteiger partial charge in [-0.1, -0.05) is 74.1 Å². The van der Waals surface area contributed by atoms with Crippen molar-refractivity contribution in [3.8, 4) is 0 Å². The summed E-state index contributed by atoms with van der Waals surface area (Å²) in [5, 5.41) is 11.6. The average molecular weight is 713 g/mol. The molecule has 0 aromatic carbocycles. The van der Waals surface area contributed by atoms with Gasteiger partial charge in [-0.25, -0.2) is 4.79 Å². The molecule has 5 fully saturated rings. The Kier molecular flexibility index (Phi) is 11.3. The van der Waals surface area contributed by atoms with Gasteiger partial charge < -0.3 is 26.2 Å². The van der Waals surface area contributed by atoms with Crippen LogP contribution in [0.25, 0.3) is 0 Å². The van der Waals surface area contributed by atoms with Crippen LogP contribution in [0.2, 0.25) is 0 Å². The molecule has 0 bridgehead atoms. The molecule has 13 nitrogen and oxygen atoms in total. The standard InChI is InChI=1S/C38H60N6O7/c1-8-12-25(30(47)33(49)39-23-13-14-23)40-32(48)29-24-17-22(24)20-44(29)34(50)31(38(7)15-10-9-11-16-38)42-35(51)41-26(36(2,3)4)21-43-27(45)18-37(5,6)19-28(43)46/h22-26,29,31H,8-21H2,1-7H3,(H,39,49)(H,40,48)(H2,41,42,51)/t22-,24-,25?,26+,29-,31+/m0/s1. The number of nitrogens with zero attached hydrogens (tertiary/aromatic N) is 2. The fraction of sp³-hybridized carbons (Fsp3) is 0.816. The minimum Gasteiger partial charge on any atom is -0.347 e. The van der Waals surface area contributed by atoms with Crippen LogP contribution in [0.5, 0.6) is 0 Å². The molecule has 2 aliphatic heterocycles. The first kappa shape index (κ1) is 38.7. The molecule has 5 aliphatic rings. The van der Waals surface area contributed by atoms with Crippen LogP contribution < -0.4 is 21.3 Å². The number of amides is 7. The summed E-state index contributed by atoms with van der Waals surface area (Å²) < 4.78 is 0. The number of ketones is 1. The van der Waals surface area contributed by atoms with Gasteiger partial charge in [0.2, 0.25) is 29.4 Å². The number of likely N-dealkylation sites (tertiary alicyclic amines) is 2. The van der Waals surface area contributed by atoms with E-state index in [0.29, 0.717) is 19.4 Å². The molecule has 51 heavy (non-hydrogen) atoms. The smallest absolute Gasteiger partial charge is 0.315 e. The van der Waals surface area contributed by atoms with E-state index >= 15 is 0 Å². The number of piperidine rings is 2. The lowest BCUT2D eigenvalue weighted by atomic mass is 9.70. The molecule has 6 atom stereocenters. The molecule has 0 spiro atoms. The zero-order chi connectivity index (χ0) is 37.5. The Labute approximate surface area is 302 Å². The summed E-state index contributed by atoms with van der Waals surface area (Å²) in [6.07, 6.45) is 8.13. The normalized spacial score (nSPS) is 27.1. The van der Waals surface area contributed by atoms with Crippen LogP contribution in [-0.2, 0) is 28.8 Å². The second kappa shape index (κ2) is 14.8. The molecule has 2 saturated heterocycles. The maximum atomic E-state index is 14.7. The van der Waals surface area contributed by atoms with Crippen LogP contribution in [0, 0.1) is 28.1 Å². The monoisotopic (exact) mass is 712 g/mol. The third kappa shape index (κ3) is 9.11. The topological polar surface area (TPSA) is 174 Å². The molecule has 4 N–H and O–H groups in total. The summed E-state index contributed by atoms with van der Waals surface area (Å²) in [6.45, 7) is 13.9. The van der Waals surface area contributed by atoms with Gasteiger partial charge >= 0.3 is 6.03 Å². The van der Waals surface area contributed by atoms with Crippen molar-refractivity contribution in [2.45, 2.75) is 156 Å². The number of carbonyl (C=O) groups is 7. The maximum absolute atomic E-state index is 14.7. The average Bonchev–Trinajstić information content (AvgIpc) is 3.97. The summed E-state index contributed by atoms with van der Waals surface area (Å²) in [5.74, 6) is -2.55. The second-order valence-corrected chi connectivity index (χ2v) is 18.2. The third-order valence-corrected chi connectivity index (χ3v) is 11.8. The van der Waals surface area contributed by atoms with E-state index in [1.165, 1.54) is 4.90 Å². The Balaban J connectivity index is 1.32. The molecule has 5 rings (SSSR count). The Morgan fingerprint density at radius 1 is 0.902 bits per heavy atom. The van der Waals surface area contributed by atoms with E-state index in [0.717, 1.165) is 51.4 Å². The summed E-state index contributed by atoms with van der Waals surface area (Å²) in [5.41, 5.74) is -1.51. The number of hydrogen-bond acceptors (Lipinski definition) is 7. The lowest BCUT2D eigenvalue weighted by molar-refractivity contribution is -0.153. The van der Waals surface area contributed by atoms with Crippen molar-refractivity contribution >= 4 is 41.4 Å². The molecule has 7 amide bonds. The number of fused-ring (bicyclic) bond motifs is 1. The van der Waals surface area contributed by atoms with Gasteiger partial charge in [-0.05, 0) is 66.6 Å². The number of hydrogen-bond donors (Lipinski definition) is 4. The predicted octanol–water partition coefficient (Wildman–Crippen LogP) is 3.19. The number of carbonyl (C=O) groups excluding carboxylic acids is 7. The predicted molar refractivity (Wildman–Crippen MR) is 190 cm³/mol. The third-order valence-electron chi connectivity index (χ3n) is 11.8. The molecule has 13 heteroatoms. The minimum atomic E-state index is -0.981. The quantitative estimate of drug-likeness (QED) is 0.168. The first-order valence-corrected chi connectivity index (χ1v) is 19.2. The van der Waals surface area contributed by atoms with E-state index in [9.17, 15) is 33.6 Å². The highest BCUT2D eigenvalue weighted by atomic mass is 16.2. The molecular weight excluding hydrogens is 652 g/mol. The number of nitrogens with one attached hydrogen (secondary N) is 4. The van der Waals surface area contributed by atoms with Crippen LogP contribution in [0.1, 0.15) is 126 Å². The number of urea groups is 1. The zero-order valence-corrected chi connectivity index (χ0v) is 31.7. The maximum Gasteiger partial charge on any atom is 0.315 e. The summed E-state index contributed by atoms with van der Waals surface area (Å²) in [6, 6.07) is -3.86. The van der Waals surface area contributed by atoms with Crippen molar-refractivity contribution in [1.82, 2.24) is 31.1 Å². The minimum absolute atomic E-state index is 0.0122. The first-order chi connectivity index (χ1) is 23.8. The van der Waals surface area contributed by atoms with Gasteiger partial charge in [0.25, 0.3) is 5.91 Å². The van der Waals surface area contributed by atoms with Crippen molar-refractivity contribution in [3.05, 3.63) is 0 Å². The van der Waals surface area contributed by atoms with Gasteiger partial charge in [0, 0.05) is 32.0 Å². The Morgan fingerprint density at radius 2 is 1.53 bits per heavy atom. The Hall–Kier alpha value is -3.51. The molecule has 3 aliphatic carbocycles. The second-order valence-electron chi connectivity index (χ2n) is 18.2. The fourth-order valence-corrected chi connectivity index (χ4v) is 8.30. The van der Waals surface area contributed by atoms with Gasteiger partial charge in [0.15, 0.2) is 0 Å². The summed E-state index contributed by atoms with van der Waals surface area (Å²) in [7, 11) is 0. The molecule has 0 aromatic heterocycles. The molecule has 3 saturated carbocycles. The lowest BCUT2D eigenvalue weighted by Gasteiger charge is -2.43. The van der Waals surface area contributed by atoms with E-state index in [4.69, 9.17) is 0 Å². The highest BCUT2D eigenvalue weighted by molar-refractivity contribution is 6.38. The number of rotatable bonds is 13. The molecule has 0 aromatic rings. The largest absolute Gasteiger partial charge is 0.347 e. The SMILES string of the molecule is CCCC(NC(=O)[C@@H]1[C@H]2C[C@H]2CN1C(=O)[C@@H](NC(=O)N[C@H](CN1C(=O)CC(C)(C)CC1=O)C(C)(C)C)C1(C)CCCCC1)C(=O)C(=O)NC1CC1. The van der Waals surface area contributed by atoms with E-state index in [2.05, 4.69) is 21.3 Å². The molecule has 0 radical (unpaired) electrons. The summed E-state index contributed by atoms with van der Waals surface area (Å²) in [4.78, 5) is 97.1. The van der Waals surface area contributed by atoms with E-state index in [-0.39, 0.29) is 55.0 Å². The van der Waals surface area contributed by atoms with E-state index in [1.54, 1.807) is 4.90 Å². The number of imide groups is 1. The van der Waals surface area contributed by atoms with Gasteiger partial charge in [0.1, 0.15) is 12.1 Å². The van der Waals surface area contributed by atoms with Crippen LogP contribution in [0.3, 0.4) is 0 Å². The highest BCUT2D eigenvalue weighted by Gasteiger charge is 2.59. The van der Waals surface area contributed by atoms with Crippen LogP contribution in [0.15, 0.2) is 0 Å². The summed E-state index contributed by atoms with van der Waals surface area (Å²) >= 11 is 0. The van der Waals surface area contributed by atoms with Crippen LogP contribution in [-0.4, -0.2) is 94.4 Å². The highest BCUT2D eigenvalue weighted by Crippen LogP contribution is 2.51. The first-order valence-electron chi connectivity index (χ1n) is 19.2. The fourth-order valence-electron chi connectivity index (χ4n) is 8.30. The van der Waals surface area contributed by atoms with E-state index < -0.39 is 64.0 Å². The van der Waals surface area contributed by atoms with Crippen molar-refractivity contribution in [2.24, 2.45) is 28.1 Å². The van der Waals surface area contributed by atoms with Gasteiger partial charge in [0.05, 0.1) is 12.1 Å². The van der Waals surface area contributed by atoms with Crippen LogP contribution >= 0.6 is 0 Å². The van der Waals surface area contributed by atoms with Crippen molar-refractivity contribution in [1.29, 1.82) is 0 Å². The van der Waals surface area contributed by atoms with Crippen molar-refractivity contribution in [2.75, 3.05) is 13.1 Å². The molecule has 2 heterocycles. The van der Waals surface area contributed by atoms with Gasteiger partial charge in [-0.15, -0.1) is 0 Å². The molecule has 1 unspecified atom stereocenters. The molecule has 284 valence electrons.